The number of likely N-dealkylation sites (N-methyl/N-ethyl adjacent to an activating group) is 3. The predicted octanol–water partition coefficient (Wildman–Crippen LogP) is 9.00. The molecule has 1 unspecified atom stereocenters. The molecule has 644 valence electrons. The van der Waals surface area contributed by atoms with Crippen LogP contribution >= 0.6 is 11.3 Å². The van der Waals surface area contributed by atoms with Crippen molar-refractivity contribution >= 4 is 93.6 Å². The van der Waals surface area contributed by atoms with Crippen LogP contribution in [0.25, 0.3) is 0 Å². The molecule has 0 saturated carbocycles. The van der Waals surface area contributed by atoms with E-state index < -0.39 is 119 Å². The van der Waals surface area contributed by atoms with E-state index in [-0.39, 0.29) is 162 Å². The lowest BCUT2D eigenvalue weighted by atomic mass is 9.80. The lowest BCUT2D eigenvalue weighted by molar-refractivity contribution is -0.148. The summed E-state index contributed by atoms with van der Waals surface area (Å²) in [5, 5.41) is 22.0. The number of anilines is 1. The largest absolute Gasteiger partial charge is 0.431 e. The zero-order valence-corrected chi connectivity index (χ0v) is 71.9. The number of rotatable bonds is 50. The lowest BCUT2D eigenvalue weighted by Crippen LogP contribution is -2.54. The Morgan fingerprint density at radius 3 is 1.97 bits per heavy atom. The Labute approximate surface area is 690 Å². The molecule has 3 aliphatic rings. The molecule has 12 atom stereocenters. The minimum Gasteiger partial charge on any atom is -0.431 e. The summed E-state index contributed by atoms with van der Waals surface area (Å²) in [6.07, 6.45) is 3.84. The monoisotopic (exact) mass is 1640 g/mol. The summed E-state index contributed by atoms with van der Waals surface area (Å²) in [6.45, 7) is 23.2. The molecule has 30 heteroatoms. The minimum absolute atomic E-state index is 0.0148. The highest BCUT2D eigenvalue weighted by atomic mass is 32.1. The van der Waals surface area contributed by atoms with Gasteiger partial charge in [0, 0.05) is 189 Å². The number of ether oxygens (including phenoxy) is 4. The number of hydrogen-bond acceptors (Lipinski definition) is 21. The van der Waals surface area contributed by atoms with Gasteiger partial charge in [0.1, 0.15) is 11.6 Å². The number of nitrogens with zero attached hydrogens (tertiary/aromatic N) is 7. The topological polar surface area (TPSA) is 374 Å². The molecule has 0 aliphatic carbocycles. The number of aliphatic hydroxyl groups excluding tert-OH is 1. The SMILES string of the molecule is CC.CC[C@H](C)[C@@H]([C@@H](CC(=O)N1CCC[C@H]1[C@H](CO)[C@@H](C)C(=O)C[C@@H](Cc1ccccc1)c1nccs1)OC)N(C)C(=O)[C@@H](CC(=O)[C@H](C(C)C)N(C)C(=O)OC(C(=O)N1CCN(C)CC1)c1ccc(NC(=O)[C@H](CCCNC(N)=O)CC(=O)[C@@H](NC(=O)CCOCCOCCCC(=O)CCN2C(=O)C=CC2=O)C(C)C)cc1)C(C)C. The number of amides is 10. The van der Waals surface area contributed by atoms with Crippen molar-refractivity contribution in [1.82, 2.24) is 45.0 Å². The maximum Gasteiger partial charge on any atom is 0.411 e. The van der Waals surface area contributed by atoms with Crippen molar-refractivity contribution in [2.75, 3.05) is 112 Å². The molecule has 29 nitrogen and oxygen atoms in total. The van der Waals surface area contributed by atoms with Gasteiger partial charge in [-0.1, -0.05) is 125 Å². The van der Waals surface area contributed by atoms with E-state index >= 15 is 9.59 Å². The van der Waals surface area contributed by atoms with Crippen LogP contribution in [-0.4, -0.2) is 253 Å². The number of methoxy groups -OCH3 is 1. The number of primary amides is 1. The second-order valence-electron chi connectivity index (χ2n) is 31.6. The number of aliphatic hydroxyl groups is 1. The Morgan fingerprint density at radius 2 is 1.39 bits per heavy atom. The first-order chi connectivity index (χ1) is 55.3. The zero-order valence-electron chi connectivity index (χ0n) is 71.1. The lowest BCUT2D eigenvalue weighted by Gasteiger charge is -2.41. The molecule has 10 amide bonds. The Hall–Kier alpha value is -8.68. The average molecular weight is 1640 g/mol. The first kappa shape index (κ1) is 97.9. The second-order valence-corrected chi connectivity index (χ2v) is 32.5. The molecule has 2 saturated heterocycles. The van der Waals surface area contributed by atoms with Crippen LogP contribution in [0.15, 0.2) is 78.3 Å². The molecule has 0 radical (unpaired) electrons. The summed E-state index contributed by atoms with van der Waals surface area (Å²) in [5.74, 6) is -8.53. The number of urea groups is 1. The van der Waals surface area contributed by atoms with Crippen molar-refractivity contribution in [3.05, 3.63) is 94.5 Å². The van der Waals surface area contributed by atoms with Crippen LogP contribution in [0.4, 0.5) is 15.3 Å². The summed E-state index contributed by atoms with van der Waals surface area (Å²) in [7, 11) is 6.53. The van der Waals surface area contributed by atoms with Crippen LogP contribution in [0.3, 0.4) is 0 Å². The highest BCUT2D eigenvalue weighted by molar-refractivity contribution is 7.09. The number of thiazole rings is 1. The van der Waals surface area contributed by atoms with E-state index in [0.717, 1.165) is 20.4 Å². The Morgan fingerprint density at radius 1 is 0.733 bits per heavy atom. The first-order valence-corrected chi connectivity index (χ1v) is 42.2. The molecular weight excluding hydrogens is 1510 g/mol. The number of aromatic nitrogens is 1. The Kier molecular flexibility index (Phi) is 42.3. The highest BCUT2D eigenvalue weighted by Gasteiger charge is 2.45. The molecule has 4 heterocycles. The molecule has 2 aromatic carbocycles. The van der Waals surface area contributed by atoms with Crippen molar-refractivity contribution < 1.29 is 86.4 Å². The van der Waals surface area contributed by atoms with E-state index in [1.807, 2.05) is 91.2 Å². The molecule has 2 fully saturated rings. The standard InChI is InChI=1S/C84H125N11O18S.C2H6/c1-14-56(8)77(70(110-13)51-74(104)94-36-19-25-66(94)65(52-96)57(9)67(98)49-61(80-86-35-46-114-80)47-58-21-16-15-17-22-58)91(11)81(106)64(53(2)3)50-69(100)76(55(6)7)92(12)84(109)113-78(82(107)93-40-38-90(10)39-41-93)59-26-28-62(29-27-59)88-79(105)60(23-18-34-87-83(85)108)48-68(99)75(54(4)5)89-71(101)33-43-112-45-44-111-42-20-24-63(97)32-37-95-72(102)30-31-73(95)103;1-2/h15-17,21-22,26-31,35,46,53-57,60-61,64-66,70,75-78,96H,14,18-20,23-25,32-34,36-45,47-52H2,1-13H3,(H,88,105)(H,89,101)(H3,85,87,108);1-2H3/t56-,57+,60+,61+,64-,65+,66-,70+,75-,76-,77-,78?;/m0./s1. The van der Waals surface area contributed by atoms with Gasteiger partial charge < -0.3 is 70.2 Å². The summed E-state index contributed by atoms with van der Waals surface area (Å²) in [4.78, 5) is 192. The summed E-state index contributed by atoms with van der Waals surface area (Å²) in [5.41, 5.74) is 6.93. The molecule has 116 heavy (non-hydrogen) atoms. The zero-order chi connectivity index (χ0) is 85.9. The van der Waals surface area contributed by atoms with Gasteiger partial charge in [0.15, 0.2) is 11.6 Å². The summed E-state index contributed by atoms with van der Waals surface area (Å²) in [6, 6.07) is 12.1. The third kappa shape index (κ3) is 30.0. The second kappa shape index (κ2) is 50.2. The maximum atomic E-state index is 15.2. The molecule has 1 aromatic heterocycles. The number of ketones is 4. The fourth-order valence-corrected chi connectivity index (χ4v) is 16.1. The van der Waals surface area contributed by atoms with Gasteiger partial charge in [-0.15, -0.1) is 11.3 Å². The van der Waals surface area contributed by atoms with Gasteiger partial charge in [-0.05, 0) is 86.9 Å². The van der Waals surface area contributed by atoms with Gasteiger partial charge in [0.25, 0.3) is 17.7 Å². The number of benzene rings is 2. The Balaban J connectivity index is 0.0000119. The fourth-order valence-electron chi connectivity index (χ4n) is 15.4. The summed E-state index contributed by atoms with van der Waals surface area (Å²) < 4.78 is 23.5. The molecule has 3 aliphatic heterocycles. The van der Waals surface area contributed by atoms with E-state index in [1.54, 1.807) is 55.6 Å². The van der Waals surface area contributed by atoms with Gasteiger partial charge >= 0.3 is 12.1 Å². The fraction of sp³-hybridized carbons (Fsp3) is 0.651. The van der Waals surface area contributed by atoms with Crippen LogP contribution in [-0.2, 0) is 78.1 Å². The molecular formula is C86H131N11O18S. The predicted molar refractivity (Wildman–Crippen MR) is 442 cm³/mol. The maximum absolute atomic E-state index is 15.2. The number of carbonyl (C=O) groups excluding carboxylic acids is 13. The van der Waals surface area contributed by atoms with Crippen LogP contribution < -0.4 is 21.7 Å². The number of carbonyl (C=O) groups is 13. The van der Waals surface area contributed by atoms with Gasteiger partial charge in [0.2, 0.25) is 29.7 Å². The number of hydrogen-bond donors (Lipinski definition) is 5. The highest BCUT2D eigenvalue weighted by Crippen LogP contribution is 2.36. The molecule has 3 aromatic rings. The quantitative estimate of drug-likeness (QED) is 0.0260. The van der Waals surface area contributed by atoms with Crippen LogP contribution in [0.5, 0.6) is 0 Å². The molecule has 0 bridgehead atoms. The third-order valence-corrected chi connectivity index (χ3v) is 23.3. The number of nitrogens with two attached hydrogens (primary N) is 1. The number of imide groups is 1. The van der Waals surface area contributed by atoms with Crippen molar-refractivity contribution in [2.45, 2.75) is 208 Å². The van der Waals surface area contributed by atoms with Crippen molar-refractivity contribution in [3.63, 3.8) is 0 Å². The number of likely N-dealkylation sites (tertiary alicyclic amines) is 1. The van der Waals surface area contributed by atoms with Crippen LogP contribution in [0.2, 0.25) is 0 Å². The summed E-state index contributed by atoms with van der Waals surface area (Å²) >= 11 is 1.51. The average Bonchev–Trinajstić information content (AvgIpc) is 1.47. The van der Waals surface area contributed by atoms with Gasteiger partial charge in [-0.25, -0.2) is 14.6 Å². The number of nitrogens with one attached hydrogen (secondary N) is 3. The van der Waals surface area contributed by atoms with Crippen LogP contribution in [0.1, 0.15) is 188 Å². The number of piperazine rings is 1. The normalized spacial score (nSPS) is 17.2. The van der Waals surface area contributed by atoms with Crippen molar-refractivity contribution in [3.8, 4) is 0 Å². The number of Topliss-reactive ketones (excluding diaryl/α,β-unsaturated/α-hetero) is 4. The van der Waals surface area contributed by atoms with E-state index in [0.29, 0.717) is 64.8 Å². The third-order valence-electron chi connectivity index (χ3n) is 22.4. The first-order valence-electron chi connectivity index (χ1n) is 41.4. The van der Waals surface area contributed by atoms with Crippen molar-refractivity contribution in [2.24, 2.45) is 53.1 Å². The minimum atomic E-state index is -1.52. The van der Waals surface area contributed by atoms with E-state index in [2.05, 4.69) is 25.8 Å². The van der Waals surface area contributed by atoms with E-state index in [4.69, 9.17) is 24.7 Å². The van der Waals surface area contributed by atoms with Gasteiger partial charge in [-0.3, -0.25) is 57.6 Å². The van der Waals surface area contributed by atoms with E-state index in [9.17, 15) is 57.8 Å². The van der Waals surface area contributed by atoms with Gasteiger partial charge in [0.05, 0.1) is 55.5 Å². The van der Waals surface area contributed by atoms with Gasteiger partial charge in [-0.2, -0.15) is 0 Å². The molecule has 0 spiro atoms. The molecule has 6 rings (SSSR count). The molecule has 6 N–H and O–H groups in total. The van der Waals surface area contributed by atoms with Crippen molar-refractivity contribution in [1.29, 1.82) is 0 Å². The Bertz CT molecular complexity index is 3670. The van der Waals surface area contributed by atoms with Crippen LogP contribution in [0, 0.1) is 47.3 Å². The smallest absolute Gasteiger partial charge is 0.411 e. The van der Waals surface area contributed by atoms with E-state index in [1.165, 1.54) is 61.9 Å².